The first-order valence-corrected chi connectivity index (χ1v) is 3.68. The number of hydrogen-bond donors (Lipinski definition) is 1. The van der Waals surface area contributed by atoms with Crippen molar-refractivity contribution in [1.82, 2.24) is 0 Å². The van der Waals surface area contributed by atoms with E-state index in [4.69, 9.17) is 5.21 Å². The van der Waals surface area contributed by atoms with Crippen LogP contribution in [-0.4, -0.2) is 10.0 Å². The maximum atomic E-state index is 11.1. The number of hydroxylamine groups is 4. The molecule has 0 aromatic carbocycles. The van der Waals surface area contributed by atoms with E-state index in [-0.39, 0.29) is 0 Å². The molecular weight excluding hydrogens is 142 g/mol. The van der Waals surface area contributed by atoms with Crippen LogP contribution in [0, 0.1) is 11.1 Å². The quantitative estimate of drug-likeness (QED) is 0.465. The summed E-state index contributed by atoms with van der Waals surface area (Å²) in [7, 11) is 0. The molecule has 1 rings (SSSR count). The average Bonchev–Trinajstić information content (AvgIpc) is 2.09. The minimum atomic E-state index is -1.33. The van der Waals surface area contributed by atoms with Gasteiger partial charge in [0, 0.05) is 18.6 Å². The highest BCUT2D eigenvalue weighted by atomic mass is 16.8. The van der Waals surface area contributed by atoms with Crippen molar-refractivity contribution in [2.45, 2.75) is 20.8 Å². The van der Waals surface area contributed by atoms with Gasteiger partial charge in [0.2, 0.25) is 0 Å². The molecule has 0 aliphatic carbocycles. The van der Waals surface area contributed by atoms with E-state index < -0.39 is 4.81 Å². The van der Waals surface area contributed by atoms with Gasteiger partial charge in [0.05, 0.1) is 0 Å². The lowest BCUT2D eigenvalue weighted by Crippen LogP contribution is -2.27. The van der Waals surface area contributed by atoms with Crippen LogP contribution in [0.15, 0.2) is 23.5 Å². The van der Waals surface area contributed by atoms with Crippen LogP contribution in [0.1, 0.15) is 20.8 Å². The molecule has 0 saturated heterocycles. The van der Waals surface area contributed by atoms with Crippen LogP contribution in [0.2, 0.25) is 0 Å². The fraction of sp³-hybridized carbons (Fsp3) is 0.500. The molecule has 3 heteroatoms. The van der Waals surface area contributed by atoms with Crippen LogP contribution in [0.4, 0.5) is 0 Å². The topological polar surface area (TPSA) is 43.3 Å². The van der Waals surface area contributed by atoms with Crippen LogP contribution in [0.25, 0.3) is 0 Å². The van der Waals surface area contributed by atoms with Crippen LogP contribution in [-0.2, 0) is 0 Å². The summed E-state index contributed by atoms with van der Waals surface area (Å²) in [5.74, 6) is 0.298. The molecule has 0 fully saturated rings. The van der Waals surface area contributed by atoms with E-state index in [0.717, 1.165) is 5.57 Å². The number of hydrogen-bond acceptors (Lipinski definition) is 2. The van der Waals surface area contributed by atoms with Crippen molar-refractivity contribution < 1.29 is 10.0 Å². The second kappa shape index (κ2) is 2.44. The lowest BCUT2D eigenvalue weighted by Gasteiger charge is -2.26. The molecule has 62 valence electrons. The van der Waals surface area contributed by atoms with Gasteiger partial charge in [-0.3, -0.25) is 0 Å². The summed E-state index contributed by atoms with van der Waals surface area (Å²) in [5.41, 5.74) is 1.41. The molecule has 0 radical (unpaired) electrons. The Bertz CT molecular complexity index is 226. The molecule has 0 aromatic rings. The van der Waals surface area contributed by atoms with E-state index >= 15 is 0 Å². The fourth-order valence-electron chi connectivity index (χ4n) is 1.21. The third kappa shape index (κ3) is 1.35. The van der Waals surface area contributed by atoms with Gasteiger partial charge in [-0.05, 0) is 5.92 Å². The van der Waals surface area contributed by atoms with Gasteiger partial charge < -0.3 is 5.21 Å². The monoisotopic (exact) mass is 155 g/mol. The lowest BCUT2D eigenvalue weighted by molar-refractivity contribution is -0.989. The fourth-order valence-corrected chi connectivity index (χ4v) is 1.21. The molecule has 1 aliphatic heterocycles. The summed E-state index contributed by atoms with van der Waals surface area (Å²) in [6, 6.07) is 0. The molecule has 1 aliphatic rings. The van der Waals surface area contributed by atoms with E-state index in [9.17, 15) is 5.21 Å². The zero-order valence-electron chi connectivity index (χ0n) is 7.03. The molecule has 3 nitrogen and oxygen atoms in total. The highest BCUT2D eigenvalue weighted by Gasteiger charge is 2.25. The number of allylic oxidation sites excluding steroid dienone is 3. The molecule has 0 aromatic heterocycles. The molecule has 11 heavy (non-hydrogen) atoms. The first-order valence-electron chi connectivity index (χ1n) is 3.68. The first-order chi connectivity index (χ1) is 4.95. The van der Waals surface area contributed by atoms with Gasteiger partial charge in [-0.15, -0.1) is 0 Å². The second-order valence-corrected chi connectivity index (χ2v) is 3.13. The van der Waals surface area contributed by atoms with Crippen molar-refractivity contribution >= 4 is 0 Å². The summed E-state index contributed by atoms with van der Waals surface area (Å²) in [6.45, 7) is 5.64. The minimum Gasteiger partial charge on any atom is -0.589 e. The van der Waals surface area contributed by atoms with Crippen molar-refractivity contribution in [3.05, 3.63) is 28.8 Å². The van der Waals surface area contributed by atoms with Gasteiger partial charge in [0.15, 0.2) is 0 Å². The van der Waals surface area contributed by atoms with Crippen molar-refractivity contribution in [2.24, 2.45) is 5.92 Å². The Morgan fingerprint density at radius 3 is 2.27 bits per heavy atom. The summed E-state index contributed by atoms with van der Waals surface area (Å²) in [4.78, 5) is -1.33. The van der Waals surface area contributed by atoms with Crippen molar-refractivity contribution in [3.63, 3.8) is 0 Å². The standard InChI is InChI=1S/C8H13NO2/c1-6(2)8-4-5-9(10,11)7(8)3/h4-6,10H,1-3H3. The van der Waals surface area contributed by atoms with Crippen molar-refractivity contribution in [2.75, 3.05) is 0 Å². The number of quaternary nitrogens is 1. The molecule has 0 amide bonds. The molecule has 1 unspecified atom stereocenters. The highest BCUT2D eigenvalue weighted by molar-refractivity contribution is 5.26. The second-order valence-electron chi connectivity index (χ2n) is 3.13. The zero-order chi connectivity index (χ0) is 8.65. The Morgan fingerprint density at radius 1 is 1.55 bits per heavy atom. The van der Waals surface area contributed by atoms with Gasteiger partial charge in [-0.2, -0.15) is 4.81 Å². The maximum absolute atomic E-state index is 11.1. The number of rotatable bonds is 1. The van der Waals surface area contributed by atoms with Crippen LogP contribution in [0.5, 0.6) is 0 Å². The van der Waals surface area contributed by atoms with Crippen LogP contribution in [0.3, 0.4) is 0 Å². The summed E-state index contributed by atoms with van der Waals surface area (Å²) < 4.78 is 0. The van der Waals surface area contributed by atoms with E-state index in [0.29, 0.717) is 11.6 Å². The predicted molar refractivity (Wildman–Crippen MR) is 42.1 cm³/mol. The third-order valence-electron chi connectivity index (χ3n) is 1.98. The Kier molecular flexibility index (Phi) is 1.88. The maximum Gasteiger partial charge on any atom is 0.147 e. The lowest BCUT2D eigenvalue weighted by atomic mass is 10.0. The van der Waals surface area contributed by atoms with Gasteiger partial charge in [-0.1, -0.05) is 13.8 Å². The zero-order valence-corrected chi connectivity index (χ0v) is 7.03. The summed E-state index contributed by atoms with van der Waals surface area (Å²) in [6.07, 6.45) is 2.93. The van der Waals surface area contributed by atoms with Gasteiger partial charge >= 0.3 is 0 Å². The van der Waals surface area contributed by atoms with Crippen LogP contribution >= 0.6 is 0 Å². The molecular formula is C8H13NO2. The van der Waals surface area contributed by atoms with E-state index in [2.05, 4.69) is 0 Å². The molecule has 0 bridgehead atoms. The Hall–Kier alpha value is -0.640. The highest BCUT2D eigenvalue weighted by Crippen LogP contribution is 2.29. The molecule has 1 atom stereocenters. The Labute approximate surface area is 66.4 Å². The first kappa shape index (κ1) is 8.46. The van der Waals surface area contributed by atoms with E-state index in [1.807, 2.05) is 13.8 Å². The van der Waals surface area contributed by atoms with Gasteiger partial charge in [0.25, 0.3) is 0 Å². The van der Waals surface area contributed by atoms with Crippen molar-refractivity contribution in [1.29, 1.82) is 0 Å². The average molecular weight is 155 g/mol. The largest absolute Gasteiger partial charge is 0.589 e. The molecule has 1 N–H and O–H groups in total. The smallest absolute Gasteiger partial charge is 0.147 e. The Morgan fingerprint density at radius 2 is 2.09 bits per heavy atom. The minimum absolute atomic E-state index is 0.298. The van der Waals surface area contributed by atoms with Gasteiger partial charge in [-0.25, -0.2) is 5.21 Å². The van der Waals surface area contributed by atoms with Crippen LogP contribution < -0.4 is 0 Å². The SMILES string of the molecule is CC1=C(C(C)C)C=C[N+]1([O-])O. The van der Waals surface area contributed by atoms with Gasteiger partial charge in [0.1, 0.15) is 11.9 Å². The third-order valence-corrected chi connectivity index (χ3v) is 1.98. The molecule has 0 saturated carbocycles. The molecule has 1 heterocycles. The summed E-state index contributed by atoms with van der Waals surface area (Å²) >= 11 is 0. The normalized spacial score (nSPS) is 30.7. The number of nitrogens with zero attached hydrogens (tertiary/aromatic N) is 1. The Balaban J connectivity index is 3.00. The van der Waals surface area contributed by atoms with E-state index in [1.165, 1.54) is 6.20 Å². The van der Waals surface area contributed by atoms with Crippen molar-refractivity contribution in [3.8, 4) is 0 Å². The summed E-state index contributed by atoms with van der Waals surface area (Å²) in [5, 5.41) is 20.2. The van der Waals surface area contributed by atoms with E-state index in [1.54, 1.807) is 13.0 Å². The molecule has 0 spiro atoms. The predicted octanol–water partition coefficient (Wildman–Crippen LogP) is 2.15.